The van der Waals surface area contributed by atoms with Gasteiger partial charge in [-0.1, -0.05) is 23.8 Å². The number of nitrogens with one attached hydrogen (secondary N) is 1. The van der Waals surface area contributed by atoms with Gasteiger partial charge in [0, 0.05) is 29.8 Å². The Kier molecular flexibility index (Phi) is 4.16. The van der Waals surface area contributed by atoms with Gasteiger partial charge >= 0.3 is 0 Å². The molecule has 0 aliphatic carbocycles. The smallest absolute Gasteiger partial charge is 0.269 e. The average Bonchev–Trinajstić information content (AvgIpc) is 2.83. The Balaban J connectivity index is 1.86. The van der Waals surface area contributed by atoms with Crippen molar-refractivity contribution >= 4 is 11.5 Å². The zero-order valence-corrected chi connectivity index (χ0v) is 14.6. The molecule has 0 spiro atoms. The molecule has 6 heteroatoms. The molecule has 0 unspecified atom stereocenters. The minimum absolute atomic E-state index is 0.0823. The fourth-order valence-corrected chi connectivity index (χ4v) is 3.43. The van der Waals surface area contributed by atoms with Gasteiger partial charge in [0.25, 0.3) is 5.69 Å². The summed E-state index contributed by atoms with van der Waals surface area (Å²) in [5.41, 5.74) is 5.40. The number of nitro benzene ring substituents is 1. The normalized spacial score (nSPS) is 13.6. The van der Waals surface area contributed by atoms with Gasteiger partial charge in [-0.15, -0.1) is 0 Å². The molecular formula is C20H20N4O2. The Labute approximate surface area is 151 Å². The molecule has 4 rings (SSSR count). The van der Waals surface area contributed by atoms with Gasteiger partial charge < -0.3 is 5.32 Å². The summed E-state index contributed by atoms with van der Waals surface area (Å²) in [4.78, 5) is 10.5. The van der Waals surface area contributed by atoms with Crippen LogP contribution in [0, 0.1) is 17.0 Å². The summed E-state index contributed by atoms with van der Waals surface area (Å²) in [6, 6.07) is 14.9. The number of aryl methyl sites for hydroxylation is 1. The van der Waals surface area contributed by atoms with Crippen molar-refractivity contribution in [1.29, 1.82) is 0 Å². The van der Waals surface area contributed by atoms with Crippen LogP contribution < -0.4 is 5.32 Å². The summed E-state index contributed by atoms with van der Waals surface area (Å²) in [6.45, 7) is 2.98. The van der Waals surface area contributed by atoms with Gasteiger partial charge in [-0.25, -0.2) is 4.68 Å². The van der Waals surface area contributed by atoms with Crippen LogP contribution in [-0.2, 0) is 6.42 Å². The monoisotopic (exact) mass is 348 g/mol. The largest absolute Gasteiger partial charge is 0.370 e. The molecule has 3 aromatic rings. The highest BCUT2D eigenvalue weighted by Gasteiger charge is 2.22. The lowest BCUT2D eigenvalue weighted by Gasteiger charge is -2.09. The van der Waals surface area contributed by atoms with Crippen LogP contribution in [0.5, 0.6) is 0 Å². The number of aromatic nitrogens is 2. The number of nitro groups is 1. The predicted molar refractivity (Wildman–Crippen MR) is 102 cm³/mol. The number of non-ortho nitro benzene ring substituents is 1. The molecule has 2 aromatic carbocycles. The first kappa shape index (κ1) is 16.3. The molecule has 6 nitrogen and oxygen atoms in total. The Morgan fingerprint density at radius 1 is 1.15 bits per heavy atom. The Bertz CT molecular complexity index is 960. The van der Waals surface area contributed by atoms with Crippen molar-refractivity contribution in [2.45, 2.75) is 26.2 Å². The van der Waals surface area contributed by atoms with E-state index in [1.807, 2.05) is 10.7 Å². The van der Waals surface area contributed by atoms with Crippen LogP contribution in [-0.4, -0.2) is 21.2 Å². The lowest BCUT2D eigenvalue weighted by molar-refractivity contribution is -0.384. The second kappa shape index (κ2) is 6.63. The van der Waals surface area contributed by atoms with E-state index in [0.717, 1.165) is 48.6 Å². The third kappa shape index (κ3) is 2.94. The molecule has 1 aliphatic rings. The maximum atomic E-state index is 10.9. The molecule has 1 aromatic heterocycles. The van der Waals surface area contributed by atoms with Crippen molar-refractivity contribution in [2.75, 3.05) is 11.9 Å². The molecular weight excluding hydrogens is 328 g/mol. The van der Waals surface area contributed by atoms with Gasteiger partial charge in [0.1, 0.15) is 5.82 Å². The van der Waals surface area contributed by atoms with E-state index in [2.05, 4.69) is 30.4 Å². The highest BCUT2D eigenvalue weighted by molar-refractivity contribution is 5.71. The molecule has 132 valence electrons. The van der Waals surface area contributed by atoms with Gasteiger partial charge in [0.15, 0.2) is 0 Å². The predicted octanol–water partition coefficient (Wildman–Crippen LogP) is 4.50. The fourth-order valence-electron chi connectivity index (χ4n) is 3.43. The van der Waals surface area contributed by atoms with Gasteiger partial charge in [0.05, 0.1) is 16.3 Å². The average molecular weight is 348 g/mol. The summed E-state index contributed by atoms with van der Waals surface area (Å²) < 4.78 is 1.88. The lowest BCUT2D eigenvalue weighted by Crippen LogP contribution is -2.07. The summed E-state index contributed by atoms with van der Waals surface area (Å²) in [7, 11) is 0. The minimum Gasteiger partial charge on any atom is -0.370 e. The topological polar surface area (TPSA) is 73.0 Å². The molecule has 0 bridgehead atoms. The van der Waals surface area contributed by atoms with Gasteiger partial charge in [-0.05, 0) is 44.4 Å². The Hall–Kier alpha value is -3.15. The third-order valence-corrected chi connectivity index (χ3v) is 4.73. The molecule has 0 fully saturated rings. The zero-order chi connectivity index (χ0) is 18.1. The van der Waals surface area contributed by atoms with Gasteiger partial charge in [-0.3, -0.25) is 10.1 Å². The third-order valence-electron chi connectivity index (χ3n) is 4.73. The van der Waals surface area contributed by atoms with Crippen LogP contribution in [0.2, 0.25) is 0 Å². The van der Waals surface area contributed by atoms with Crippen molar-refractivity contribution in [1.82, 2.24) is 9.78 Å². The van der Waals surface area contributed by atoms with Crippen molar-refractivity contribution in [3.05, 3.63) is 69.8 Å². The molecule has 2 heterocycles. The number of hydrogen-bond acceptors (Lipinski definition) is 4. The van der Waals surface area contributed by atoms with E-state index in [-0.39, 0.29) is 10.6 Å². The second-order valence-electron chi connectivity index (χ2n) is 6.61. The number of hydrogen-bond donors (Lipinski definition) is 1. The summed E-state index contributed by atoms with van der Waals surface area (Å²) in [5, 5.41) is 19.3. The first-order valence-corrected chi connectivity index (χ1v) is 8.81. The number of nitrogens with zero attached hydrogens (tertiary/aromatic N) is 3. The standard InChI is InChI=1S/C20H20N4O2/c1-14-5-4-6-15(13-14)19-18-7-2-3-12-21-20(18)23(22-19)16-8-10-17(11-9-16)24(25)26/h4-6,8-11,13,21H,2-3,7,12H2,1H3. The van der Waals surface area contributed by atoms with E-state index in [1.165, 1.54) is 23.3 Å². The van der Waals surface area contributed by atoms with E-state index in [9.17, 15) is 10.1 Å². The van der Waals surface area contributed by atoms with Crippen LogP contribution in [0.4, 0.5) is 11.5 Å². The van der Waals surface area contributed by atoms with Crippen LogP contribution in [0.25, 0.3) is 16.9 Å². The van der Waals surface area contributed by atoms with Crippen LogP contribution in [0.1, 0.15) is 24.0 Å². The molecule has 0 amide bonds. The number of benzene rings is 2. The maximum absolute atomic E-state index is 10.9. The number of fused-ring (bicyclic) bond motifs is 1. The highest BCUT2D eigenvalue weighted by Crippen LogP contribution is 2.34. The second-order valence-corrected chi connectivity index (χ2v) is 6.61. The van der Waals surface area contributed by atoms with E-state index >= 15 is 0 Å². The highest BCUT2D eigenvalue weighted by atomic mass is 16.6. The van der Waals surface area contributed by atoms with Crippen molar-refractivity contribution in [3.8, 4) is 16.9 Å². The lowest BCUT2D eigenvalue weighted by atomic mass is 10.0. The quantitative estimate of drug-likeness (QED) is 0.558. The molecule has 0 atom stereocenters. The number of rotatable bonds is 3. The summed E-state index contributed by atoms with van der Waals surface area (Å²) >= 11 is 0. The fraction of sp³-hybridized carbons (Fsp3) is 0.250. The molecule has 0 saturated carbocycles. The van der Waals surface area contributed by atoms with Crippen LogP contribution in [0.3, 0.4) is 0 Å². The first-order valence-electron chi connectivity index (χ1n) is 8.81. The Morgan fingerprint density at radius 3 is 2.69 bits per heavy atom. The van der Waals surface area contributed by atoms with Gasteiger partial charge in [0.2, 0.25) is 0 Å². The zero-order valence-electron chi connectivity index (χ0n) is 14.6. The number of anilines is 1. The van der Waals surface area contributed by atoms with E-state index in [0.29, 0.717) is 0 Å². The SMILES string of the molecule is Cc1cccc(-c2nn(-c3ccc([N+](=O)[O-])cc3)c3c2CCCCN3)c1. The van der Waals surface area contributed by atoms with E-state index in [1.54, 1.807) is 12.1 Å². The van der Waals surface area contributed by atoms with Crippen molar-refractivity contribution in [2.24, 2.45) is 0 Å². The minimum atomic E-state index is -0.385. The molecule has 0 radical (unpaired) electrons. The first-order chi connectivity index (χ1) is 12.6. The summed E-state index contributed by atoms with van der Waals surface area (Å²) in [6.07, 6.45) is 3.20. The van der Waals surface area contributed by atoms with Gasteiger partial charge in [-0.2, -0.15) is 5.10 Å². The molecule has 1 aliphatic heterocycles. The molecule has 0 saturated heterocycles. The Morgan fingerprint density at radius 2 is 1.96 bits per heavy atom. The van der Waals surface area contributed by atoms with Crippen LogP contribution >= 0.6 is 0 Å². The van der Waals surface area contributed by atoms with Crippen molar-refractivity contribution in [3.63, 3.8) is 0 Å². The molecule has 1 N–H and O–H groups in total. The van der Waals surface area contributed by atoms with E-state index < -0.39 is 0 Å². The van der Waals surface area contributed by atoms with Crippen molar-refractivity contribution < 1.29 is 4.92 Å². The maximum Gasteiger partial charge on any atom is 0.269 e. The molecule has 26 heavy (non-hydrogen) atoms. The van der Waals surface area contributed by atoms with Crippen LogP contribution in [0.15, 0.2) is 48.5 Å². The summed E-state index contributed by atoms with van der Waals surface area (Å²) in [5.74, 6) is 0.993. The van der Waals surface area contributed by atoms with E-state index in [4.69, 9.17) is 5.10 Å².